The van der Waals surface area contributed by atoms with Crippen molar-refractivity contribution in [1.29, 1.82) is 0 Å². The zero-order valence-electron chi connectivity index (χ0n) is 15.4. The second-order valence-electron chi connectivity index (χ2n) is 5.31. The van der Waals surface area contributed by atoms with Gasteiger partial charge in [-0.1, -0.05) is 18.2 Å². The fourth-order valence-corrected chi connectivity index (χ4v) is 2.52. The number of para-hydroxylation sites is 1. The van der Waals surface area contributed by atoms with Crippen LogP contribution in [0, 0.1) is 0 Å². The Labute approximate surface area is 171 Å². The van der Waals surface area contributed by atoms with Crippen LogP contribution in [-0.4, -0.2) is 30.6 Å². The number of hydrogen-bond donors (Lipinski definition) is 2. The number of aromatic nitrogens is 1. The lowest BCUT2D eigenvalue weighted by Gasteiger charge is -2.10. The quantitative estimate of drug-likeness (QED) is 0.474. The molecule has 0 atom stereocenters. The molecule has 2 rings (SSSR count). The fraction of sp³-hybridized carbons (Fsp3) is 0.150. The number of ether oxygens (including phenoxy) is 2. The maximum absolute atomic E-state index is 12.3. The molecule has 1 aromatic carbocycles. The molecule has 1 aromatic heterocycles. The highest BCUT2D eigenvalue weighted by Crippen LogP contribution is 2.21. The normalized spacial score (nSPS) is 11.5. The first-order valence-electron chi connectivity index (χ1n) is 8.41. The number of pyridine rings is 1. The Morgan fingerprint density at radius 3 is 2.50 bits per heavy atom. The van der Waals surface area contributed by atoms with E-state index in [9.17, 15) is 9.59 Å². The second kappa shape index (κ2) is 10.9. The molecule has 0 saturated carbocycles. The van der Waals surface area contributed by atoms with Crippen LogP contribution in [0.15, 0.2) is 71.2 Å². The molecule has 0 aliphatic rings. The Morgan fingerprint density at radius 2 is 1.86 bits per heavy atom. The average molecular weight is 446 g/mol. The van der Waals surface area contributed by atoms with E-state index in [1.807, 2.05) is 24.3 Å². The smallest absolute Gasteiger partial charge is 0.355 e. The largest absolute Gasteiger partial charge is 0.464 e. The first-order valence-corrected chi connectivity index (χ1v) is 9.21. The van der Waals surface area contributed by atoms with Crippen molar-refractivity contribution >= 4 is 39.1 Å². The molecule has 0 saturated heterocycles. The summed E-state index contributed by atoms with van der Waals surface area (Å²) in [4.78, 5) is 28.6. The highest BCUT2D eigenvalue weighted by Gasteiger charge is 2.16. The van der Waals surface area contributed by atoms with Crippen LogP contribution in [-0.2, 0) is 19.1 Å². The molecule has 0 radical (unpaired) electrons. The van der Waals surface area contributed by atoms with E-state index in [2.05, 4.69) is 31.5 Å². The Balaban J connectivity index is 2.30. The summed E-state index contributed by atoms with van der Waals surface area (Å²) in [5, 5.41) is 5.82. The minimum atomic E-state index is -0.611. The van der Waals surface area contributed by atoms with Gasteiger partial charge in [0.1, 0.15) is 11.3 Å². The topological polar surface area (TPSA) is 89.6 Å². The summed E-state index contributed by atoms with van der Waals surface area (Å²) in [6.45, 7) is 1.93. The Kier molecular flexibility index (Phi) is 8.23. The van der Waals surface area contributed by atoms with Gasteiger partial charge in [0, 0.05) is 23.1 Å². The first-order chi connectivity index (χ1) is 13.6. The van der Waals surface area contributed by atoms with E-state index >= 15 is 0 Å². The van der Waals surface area contributed by atoms with Crippen molar-refractivity contribution in [2.45, 2.75) is 6.92 Å². The summed E-state index contributed by atoms with van der Waals surface area (Å²) in [6, 6.07) is 12.6. The van der Waals surface area contributed by atoms with Crippen LogP contribution >= 0.6 is 15.9 Å². The molecule has 0 bridgehead atoms. The van der Waals surface area contributed by atoms with Crippen LogP contribution in [0.4, 0.5) is 5.69 Å². The third-order valence-electron chi connectivity index (χ3n) is 3.46. The summed E-state index contributed by atoms with van der Waals surface area (Å²) in [7, 11) is 1.27. The van der Waals surface area contributed by atoms with Gasteiger partial charge in [-0.15, -0.1) is 0 Å². The van der Waals surface area contributed by atoms with Crippen LogP contribution < -0.4 is 10.6 Å². The van der Waals surface area contributed by atoms with Gasteiger partial charge in [0.05, 0.1) is 25.1 Å². The molecule has 2 aromatic rings. The zero-order chi connectivity index (χ0) is 20.4. The van der Waals surface area contributed by atoms with Crippen molar-refractivity contribution in [3.05, 3.63) is 76.9 Å². The third-order valence-corrected chi connectivity index (χ3v) is 4.15. The Hall–Kier alpha value is -3.13. The van der Waals surface area contributed by atoms with Gasteiger partial charge >= 0.3 is 11.9 Å². The van der Waals surface area contributed by atoms with E-state index < -0.39 is 11.9 Å². The highest BCUT2D eigenvalue weighted by molar-refractivity contribution is 9.10. The van der Waals surface area contributed by atoms with Crippen molar-refractivity contribution in [1.82, 2.24) is 10.3 Å². The van der Waals surface area contributed by atoms with Crippen LogP contribution in [0.5, 0.6) is 0 Å². The SMILES string of the molecule is CCOC(=O)/C(=C/N/C(=C\Nc1ccccc1Br)C(=O)OC)c1ccccn1. The number of esters is 2. The van der Waals surface area contributed by atoms with Crippen molar-refractivity contribution < 1.29 is 19.1 Å². The lowest BCUT2D eigenvalue weighted by Crippen LogP contribution is -2.20. The van der Waals surface area contributed by atoms with Gasteiger partial charge in [0.25, 0.3) is 0 Å². The van der Waals surface area contributed by atoms with E-state index in [1.165, 1.54) is 19.5 Å². The maximum atomic E-state index is 12.3. The van der Waals surface area contributed by atoms with Gasteiger partial charge in [-0.05, 0) is 47.1 Å². The van der Waals surface area contributed by atoms with Gasteiger partial charge in [0.15, 0.2) is 0 Å². The van der Waals surface area contributed by atoms with E-state index in [4.69, 9.17) is 9.47 Å². The molecule has 0 aliphatic heterocycles. The molecule has 0 unspecified atom stereocenters. The van der Waals surface area contributed by atoms with E-state index in [-0.39, 0.29) is 17.9 Å². The number of halogens is 1. The molecule has 146 valence electrons. The molecular weight excluding hydrogens is 426 g/mol. The number of rotatable bonds is 8. The molecule has 1 heterocycles. The number of anilines is 1. The van der Waals surface area contributed by atoms with Gasteiger partial charge in [-0.3, -0.25) is 4.98 Å². The molecule has 28 heavy (non-hydrogen) atoms. The molecule has 0 spiro atoms. The molecule has 0 fully saturated rings. The lowest BCUT2D eigenvalue weighted by atomic mass is 10.2. The minimum absolute atomic E-state index is 0.0935. The molecular formula is C20H20BrN3O4. The predicted molar refractivity (Wildman–Crippen MR) is 110 cm³/mol. The Bertz CT molecular complexity index is 882. The van der Waals surface area contributed by atoms with Crippen LogP contribution in [0.2, 0.25) is 0 Å². The van der Waals surface area contributed by atoms with Crippen molar-refractivity contribution in [3.63, 3.8) is 0 Å². The van der Waals surface area contributed by atoms with E-state index in [0.717, 1.165) is 10.2 Å². The van der Waals surface area contributed by atoms with Crippen molar-refractivity contribution in [2.24, 2.45) is 0 Å². The Morgan fingerprint density at radius 1 is 1.11 bits per heavy atom. The van der Waals surface area contributed by atoms with E-state index in [1.54, 1.807) is 31.3 Å². The lowest BCUT2D eigenvalue weighted by molar-refractivity contribution is -0.137. The molecule has 7 nitrogen and oxygen atoms in total. The second-order valence-corrected chi connectivity index (χ2v) is 6.17. The first kappa shape index (κ1) is 21.2. The van der Waals surface area contributed by atoms with Crippen LogP contribution in [0.25, 0.3) is 5.57 Å². The minimum Gasteiger partial charge on any atom is -0.464 e. The number of benzene rings is 1. The summed E-state index contributed by atoms with van der Waals surface area (Å²) >= 11 is 3.42. The summed E-state index contributed by atoms with van der Waals surface area (Å²) in [5.41, 5.74) is 1.44. The number of hydrogen-bond acceptors (Lipinski definition) is 7. The number of methoxy groups -OCH3 is 1. The van der Waals surface area contributed by atoms with Crippen molar-refractivity contribution in [2.75, 3.05) is 19.0 Å². The van der Waals surface area contributed by atoms with Gasteiger partial charge in [-0.25, -0.2) is 9.59 Å². The summed E-state index contributed by atoms with van der Waals surface area (Å²) in [5.74, 6) is -1.17. The van der Waals surface area contributed by atoms with Gasteiger partial charge < -0.3 is 20.1 Å². The average Bonchev–Trinajstić information content (AvgIpc) is 2.72. The van der Waals surface area contributed by atoms with Crippen molar-refractivity contribution in [3.8, 4) is 0 Å². The van der Waals surface area contributed by atoms with Crippen LogP contribution in [0.3, 0.4) is 0 Å². The van der Waals surface area contributed by atoms with Gasteiger partial charge in [-0.2, -0.15) is 0 Å². The van der Waals surface area contributed by atoms with Crippen LogP contribution in [0.1, 0.15) is 12.6 Å². The number of carbonyl (C=O) groups is 2. The fourth-order valence-electron chi connectivity index (χ4n) is 2.12. The molecule has 8 heteroatoms. The number of carbonyl (C=O) groups excluding carboxylic acids is 2. The molecule has 0 aliphatic carbocycles. The maximum Gasteiger partial charge on any atom is 0.355 e. The summed E-state index contributed by atoms with van der Waals surface area (Å²) in [6.07, 6.45) is 4.38. The van der Waals surface area contributed by atoms with E-state index in [0.29, 0.717) is 5.69 Å². The van der Waals surface area contributed by atoms with Gasteiger partial charge in [0.2, 0.25) is 0 Å². The molecule has 2 N–H and O–H groups in total. The predicted octanol–water partition coefficient (Wildman–Crippen LogP) is 3.46. The monoisotopic (exact) mass is 445 g/mol. The standard InChI is InChI=1S/C20H20BrN3O4/c1-3-28-19(25)14(16-9-6-7-11-22-16)12-23-18(20(26)27-2)13-24-17-10-5-4-8-15(17)21/h4-13,23-24H,3H2,1-2H3/b14-12+,18-13-. The summed E-state index contributed by atoms with van der Waals surface area (Å²) < 4.78 is 10.7. The number of nitrogens with one attached hydrogen (secondary N) is 2. The highest BCUT2D eigenvalue weighted by atomic mass is 79.9. The zero-order valence-corrected chi connectivity index (χ0v) is 17.0. The molecule has 0 amide bonds. The number of nitrogens with zero attached hydrogens (tertiary/aromatic N) is 1. The third kappa shape index (κ3) is 5.95.